The zero-order chi connectivity index (χ0) is 20.4. The fourth-order valence-corrected chi connectivity index (χ4v) is 3.68. The number of primary amides is 1. The van der Waals surface area contributed by atoms with E-state index in [1.807, 2.05) is 24.3 Å². The van der Waals surface area contributed by atoms with E-state index in [0.717, 1.165) is 31.5 Å². The maximum atomic E-state index is 12.6. The van der Waals surface area contributed by atoms with E-state index < -0.39 is 17.7 Å². The summed E-state index contributed by atoms with van der Waals surface area (Å²) in [6.07, 6.45) is -2.61. The topological polar surface area (TPSA) is 64.4 Å². The number of hydrogen-bond acceptors (Lipinski definition) is 3. The zero-order valence-corrected chi connectivity index (χ0v) is 15.6. The second kappa shape index (κ2) is 7.83. The van der Waals surface area contributed by atoms with Crippen LogP contribution in [0, 0.1) is 0 Å². The molecular weight excluding hydrogens is 369 g/mol. The molecule has 0 spiro atoms. The summed E-state index contributed by atoms with van der Waals surface area (Å²) in [5.74, 6) is -0.628. The van der Waals surface area contributed by atoms with Crippen molar-refractivity contribution in [1.82, 2.24) is 5.32 Å². The second-order valence-electron chi connectivity index (χ2n) is 7.23. The predicted molar refractivity (Wildman–Crippen MR) is 100 cm³/mol. The minimum Gasteiger partial charge on any atom is -0.406 e. The number of nitrogens with one attached hydrogen (secondary N) is 1. The van der Waals surface area contributed by atoms with Crippen LogP contribution in [0.1, 0.15) is 42.4 Å². The molecule has 0 bridgehead atoms. The Morgan fingerprint density at radius 3 is 2.43 bits per heavy atom. The van der Waals surface area contributed by atoms with E-state index in [2.05, 4.69) is 10.1 Å². The number of nitrogens with two attached hydrogens (primary N) is 1. The van der Waals surface area contributed by atoms with Gasteiger partial charge in [0.25, 0.3) is 0 Å². The van der Waals surface area contributed by atoms with Gasteiger partial charge in [0.05, 0.1) is 5.41 Å². The fourth-order valence-electron chi connectivity index (χ4n) is 3.68. The zero-order valence-electron chi connectivity index (χ0n) is 15.6. The summed E-state index contributed by atoms with van der Waals surface area (Å²) >= 11 is 0. The van der Waals surface area contributed by atoms with Gasteiger partial charge in [-0.3, -0.25) is 4.79 Å². The Kier molecular flexibility index (Phi) is 5.65. The van der Waals surface area contributed by atoms with Crippen molar-refractivity contribution in [2.24, 2.45) is 5.73 Å². The normalized spacial score (nSPS) is 19.6. The molecule has 28 heavy (non-hydrogen) atoms. The van der Waals surface area contributed by atoms with Gasteiger partial charge >= 0.3 is 6.36 Å². The van der Waals surface area contributed by atoms with E-state index in [4.69, 9.17) is 5.73 Å². The van der Waals surface area contributed by atoms with E-state index in [1.165, 1.54) is 18.2 Å². The van der Waals surface area contributed by atoms with Crippen molar-refractivity contribution in [1.29, 1.82) is 0 Å². The molecule has 1 fully saturated rings. The molecule has 0 aliphatic carbocycles. The Morgan fingerprint density at radius 2 is 1.86 bits per heavy atom. The van der Waals surface area contributed by atoms with Gasteiger partial charge in [0.2, 0.25) is 5.91 Å². The van der Waals surface area contributed by atoms with Gasteiger partial charge in [-0.15, -0.1) is 13.2 Å². The number of hydrogen-bond donors (Lipinski definition) is 2. The van der Waals surface area contributed by atoms with Crippen LogP contribution in [0.3, 0.4) is 0 Å². The summed E-state index contributed by atoms with van der Waals surface area (Å²) in [7, 11) is 0. The predicted octanol–water partition coefficient (Wildman–Crippen LogP) is 3.84. The molecule has 2 aromatic carbocycles. The van der Waals surface area contributed by atoms with E-state index >= 15 is 0 Å². The fraction of sp³-hybridized carbons (Fsp3) is 0.381. The average Bonchev–Trinajstić information content (AvgIpc) is 2.67. The highest BCUT2D eigenvalue weighted by atomic mass is 19.4. The Labute approximate surface area is 161 Å². The SMILES string of the molecule is CC(C(N)=O)(c1ccc(C2CCCNC2)cc1)c1cccc(OC(F)(F)F)c1. The monoisotopic (exact) mass is 392 g/mol. The summed E-state index contributed by atoms with van der Waals surface area (Å²) in [5.41, 5.74) is 6.53. The highest BCUT2D eigenvalue weighted by molar-refractivity contribution is 5.90. The Hall–Kier alpha value is -2.54. The average molecular weight is 392 g/mol. The molecule has 2 aromatic rings. The number of carbonyl (C=O) groups excluding carboxylic acids is 1. The smallest absolute Gasteiger partial charge is 0.406 e. The van der Waals surface area contributed by atoms with Gasteiger partial charge in [-0.2, -0.15) is 0 Å². The van der Waals surface area contributed by atoms with Gasteiger partial charge in [-0.05, 0) is 61.1 Å². The molecule has 1 heterocycles. The third kappa shape index (κ3) is 4.30. The van der Waals surface area contributed by atoms with Crippen LogP contribution in [-0.4, -0.2) is 25.4 Å². The van der Waals surface area contributed by atoms with Gasteiger partial charge < -0.3 is 15.8 Å². The summed E-state index contributed by atoms with van der Waals surface area (Å²) < 4.78 is 41.7. The first kappa shape index (κ1) is 20.2. The lowest BCUT2D eigenvalue weighted by Crippen LogP contribution is -2.39. The molecule has 2 atom stereocenters. The molecule has 0 saturated carbocycles. The van der Waals surface area contributed by atoms with Crippen molar-refractivity contribution >= 4 is 5.91 Å². The first-order chi connectivity index (χ1) is 13.2. The number of carbonyl (C=O) groups is 1. The van der Waals surface area contributed by atoms with Gasteiger partial charge in [-0.25, -0.2) is 0 Å². The number of alkyl halides is 3. The molecule has 2 unspecified atom stereocenters. The van der Waals surface area contributed by atoms with Crippen LogP contribution in [0.15, 0.2) is 48.5 Å². The van der Waals surface area contributed by atoms with Crippen LogP contribution in [0.2, 0.25) is 0 Å². The summed E-state index contributed by atoms with van der Waals surface area (Å²) in [4.78, 5) is 12.4. The molecule has 0 radical (unpaired) electrons. The quantitative estimate of drug-likeness (QED) is 0.813. The van der Waals surface area contributed by atoms with Gasteiger partial charge in [0.1, 0.15) is 5.75 Å². The lowest BCUT2D eigenvalue weighted by molar-refractivity contribution is -0.274. The van der Waals surface area contributed by atoms with Crippen LogP contribution in [0.4, 0.5) is 13.2 Å². The van der Waals surface area contributed by atoms with Crippen molar-refractivity contribution in [2.45, 2.75) is 37.5 Å². The molecule has 3 rings (SSSR count). The number of piperidine rings is 1. The van der Waals surface area contributed by atoms with Crippen molar-refractivity contribution in [3.05, 3.63) is 65.2 Å². The molecule has 7 heteroatoms. The minimum absolute atomic E-state index is 0.342. The van der Waals surface area contributed by atoms with E-state index in [0.29, 0.717) is 17.0 Å². The van der Waals surface area contributed by atoms with Crippen molar-refractivity contribution in [2.75, 3.05) is 13.1 Å². The maximum absolute atomic E-state index is 12.6. The van der Waals surface area contributed by atoms with Crippen molar-refractivity contribution < 1.29 is 22.7 Å². The molecule has 1 aliphatic heterocycles. The molecule has 150 valence electrons. The summed E-state index contributed by atoms with van der Waals surface area (Å²) in [6, 6.07) is 13.0. The van der Waals surface area contributed by atoms with Gasteiger partial charge in [0.15, 0.2) is 0 Å². The van der Waals surface area contributed by atoms with E-state index in [-0.39, 0.29) is 5.75 Å². The summed E-state index contributed by atoms with van der Waals surface area (Å²) in [6.45, 7) is 3.53. The van der Waals surface area contributed by atoms with Crippen LogP contribution in [-0.2, 0) is 10.2 Å². The second-order valence-corrected chi connectivity index (χ2v) is 7.23. The molecule has 1 saturated heterocycles. The maximum Gasteiger partial charge on any atom is 0.573 e. The lowest BCUT2D eigenvalue weighted by atomic mass is 9.75. The van der Waals surface area contributed by atoms with Crippen LogP contribution < -0.4 is 15.8 Å². The number of amides is 1. The summed E-state index contributed by atoms with van der Waals surface area (Å²) in [5, 5.41) is 3.37. The van der Waals surface area contributed by atoms with Crippen LogP contribution in [0.5, 0.6) is 5.75 Å². The molecule has 0 aromatic heterocycles. The highest BCUT2D eigenvalue weighted by Crippen LogP contribution is 2.36. The Morgan fingerprint density at radius 1 is 1.14 bits per heavy atom. The molecule has 4 nitrogen and oxygen atoms in total. The van der Waals surface area contributed by atoms with Crippen molar-refractivity contribution in [3.63, 3.8) is 0 Å². The number of ether oxygens (including phenoxy) is 1. The first-order valence-electron chi connectivity index (χ1n) is 9.17. The highest BCUT2D eigenvalue weighted by Gasteiger charge is 2.37. The number of rotatable bonds is 5. The third-order valence-corrected chi connectivity index (χ3v) is 5.39. The van der Waals surface area contributed by atoms with Crippen molar-refractivity contribution in [3.8, 4) is 5.75 Å². The standard InChI is InChI=1S/C21H23F3N2O2/c1-20(19(25)27,17-5-2-6-18(12-17)28-21(22,23)24)16-9-7-14(8-10-16)15-4-3-11-26-13-15/h2,5-10,12,15,26H,3-4,11,13H2,1H3,(H2,25,27). The first-order valence-corrected chi connectivity index (χ1v) is 9.17. The van der Waals surface area contributed by atoms with Gasteiger partial charge in [-0.1, -0.05) is 36.4 Å². The Balaban J connectivity index is 1.94. The minimum atomic E-state index is -4.81. The Bertz CT molecular complexity index is 830. The lowest BCUT2D eigenvalue weighted by Gasteiger charge is -2.29. The van der Waals surface area contributed by atoms with E-state index in [9.17, 15) is 18.0 Å². The largest absolute Gasteiger partial charge is 0.573 e. The molecule has 1 amide bonds. The van der Waals surface area contributed by atoms with Gasteiger partial charge in [0, 0.05) is 6.54 Å². The van der Waals surface area contributed by atoms with E-state index in [1.54, 1.807) is 13.0 Å². The third-order valence-electron chi connectivity index (χ3n) is 5.39. The number of halogens is 3. The van der Waals surface area contributed by atoms with Crippen LogP contribution in [0.25, 0.3) is 0 Å². The molecular formula is C21H23F3N2O2. The molecule has 1 aliphatic rings. The molecule has 3 N–H and O–H groups in total. The van der Waals surface area contributed by atoms with Crippen LogP contribution >= 0.6 is 0 Å². The number of benzene rings is 2.